The average Bonchev–Trinajstić information content (AvgIpc) is 2.12. The van der Waals surface area contributed by atoms with Gasteiger partial charge >= 0.3 is 0 Å². The smallest absolute Gasteiger partial charge is 0.182 e. The van der Waals surface area contributed by atoms with Crippen LogP contribution in [0.3, 0.4) is 0 Å². The Labute approximate surface area is 103 Å². The van der Waals surface area contributed by atoms with Crippen LogP contribution in [0.25, 0.3) is 0 Å². The summed E-state index contributed by atoms with van der Waals surface area (Å²) in [7, 11) is -3.05. The first-order valence-electron chi connectivity index (χ1n) is 4.66. The molecule has 0 N–H and O–H groups in total. The van der Waals surface area contributed by atoms with E-state index in [1.165, 1.54) is 18.2 Å². The van der Waals surface area contributed by atoms with Gasteiger partial charge in [-0.3, -0.25) is 0 Å². The van der Waals surface area contributed by atoms with Crippen molar-refractivity contribution in [3.63, 3.8) is 0 Å². The Morgan fingerprint density at radius 1 is 1.29 bits per heavy atom. The second-order valence-electron chi connectivity index (χ2n) is 3.15. The molecule has 14 heavy (non-hydrogen) atoms. The minimum absolute atomic E-state index is 0.00986. The highest BCUT2D eigenvalue weighted by Gasteiger charge is 2.05. The highest BCUT2D eigenvalue weighted by Crippen LogP contribution is 2.17. The van der Waals surface area contributed by atoms with Gasteiger partial charge < -0.3 is 0 Å². The fourth-order valence-corrected chi connectivity index (χ4v) is 3.11. The molecular weight excluding hydrogens is 332 g/mol. The predicted octanol–water partition coefficient (Wildman–Crippen LogP) is 3.96. The van der Waals surface area contributed by atoms with Crippen molar-refractivity contribution in [3.8, 4) is 0 Å². The van der Waals surface area contributed by atoms with Crippen molar-refractivity contribution in [3.05, 3.63) is 9.89 Å². The Morgan fingerprint density at radius 2 is 1.93 bits per heavy atom. The number of sulfone groups is 1. The number of alkyl halides is 1. The first-order valence-corrected chi connectivity index (χ1v) is 8.29. The highest BCUT2D eigenvalue weighted by atomic mass is 79.9. The number of allylic oxidation sites excluding steroid dienone is 1. The summed E-state index contributed by atoms with van der Waals surface area (Å²) in [5, 5.41) is 1.30. The van der Waals surface area contributed by atoms with E-state index in [1.54, 1.807) is 0 Å². The molecule has 0 spiro atoms. The lowest BCUT2D eigenvalue weighted by molar-refractivity contribution is 0.609. The summed E-state index contributed by atoms with van der Waals surface area (Å²) >= 11 is 6.21. The molecule has 0 aromatic heterocycles. The third-order valence-electron chi connectivity index (χ3n) is 1.73. The van der Waals surface area contributed by atoms with Crippen molar-refractivity contribution in [2.24, 2.45) is 0 Å². The fourth-order valence-electron chi connectivity index (χ4n) is 1.01. The SMILES string of the molecule is CCCCCCC(Br)=CS(=O)(=O)CBr. The average molecular weight is 348 g/mol. The molecule has 0 fully saturated rings. The molecule has 0 rings (SSSR count). The summed E-state index contributed by atoms with van der Waals surface area (Å²) in [6.07, 6.45) is 5.43. The number of rotatable bonds is 7. The molecule has 2 nitrogen and oxygen atoms in total. The maximum atomic E-state index is 11.1. The van der Waals surface area contributed by atoms with Gasteiger partial charge in [0, 0.05) is 9.89 Å². The maximum Gasteiger partial charge on any atom is 0.182 e. The zero-order chi connectivity index (χ0) is 11.0. The molecular formula is C9H16Br2O2S. The molecule has 0 aliphatic rings. The summed E-state index contributed by atoms with van der Waals surface area (Å²) in [4.78, 5) is 0. The Morgan fingerprint density at radius 3 is 2.43 bits per heavy atom. The highest BCUT2D eigenvalue weighted by molar-refractivity contribution is 9.12. The van der Waals surface area contributed by atoms with Crippen LogP contribution in [-0.2, 0) is 9.84 Å². The normalized spacial score (nSPS) is 13.2. The van der Waals surface area contributed by atoms with Gasteiger partial charge in [0.2, 0.25) is 0 Å². The number of hydrogen-bond acceptors (Lipinski definition) is 2. The minimum atomic E-state index is -3.05. The van der Waals surface area contributed by atoms with E-state index in [0.717, 1.165) is 23.7 Å². The van der Waals surface area contributed by atoms with Crippen LogP contribution in [0.1, 0.15) is 39.0 Å². The first-order chi connectivity index (χ1) is 6.52. The van der Waals surface area contributed by atoms with Crippen LogP contribution in [0.15, 0.2) is 9.89 Å². The third-order valence-corrected chi connectivity index (χ3v) is 5.52. The monoisotopic (exact) mass is 346 g/mol. The molecule has 0 bridgehead atoms. The molecule has 0 aromatic carbocycles. The Kier molecular flexibility index (Phi) is 8.25. The molecule has 0 unspecified atom stereocenters. The van der Waals surface area contributed by atoms with Gasteiger partial charge in [0.25, 0.3) is 0 Å². The molecule has 0 aliphatic carbocycles. The summed E-state index contributed by atoms with van der Waals surface area (Å²) in [5.41, 5.74) is 0. The second kappa shape index (κ2) is 7.88. The van der Waals surface area contributed by atoms with Crippen molar-refractivity contribution in [1.82, 2.24) is 0 Å². The van der Waals surface area contributed by atoms with E-state index in [1.807, 2.05) is 0 Å². The van der Waals surface area contributed by atoms with E-state index in [4.69, 9.17) is 0 Å². The topological polar surface area (TPSA) is 34.1 Å². The Balaban J connectivity index is 3.90. The van der Waals surface area contributed by atoms with Crippen molar-refractivity contribution in [1.29, 1.82) is 0 Å². The molecule has 5 heteroatoms. The van der Waals surface area contributed by atoms with Crippen LogP contribution in [0, 0.1) is 0 Å². The van der Waals surface area contributed by atoms with Crippen LogP contribution < -0.4 is 0 Å². The lowest BCUT2D eigenvalue weighted by Gasteiger charge is -1.99. The van der Waals surface area contributed by atoms with Crippen molar-refractivity contribution in [2.75, 3.05) is 4.66 Å². The Bertz CT molecular complexity index is 271. The zero-order valence-corrected chi connectivity index (χ0v) is 12.3. The number of unbranched alkanes of at least 4 members (excludes halogenated alkanes) is 3. The van der Waals surface area contributed by atoms with Gasteiger partial charge in [-0.2, -0.15) is 0 Å². The molecule has 0 radical (unpaired) electrons. The molecule has 0 saturated carbocycles. The Hall–Kier alpha value is 0.650. The third kappa shape index (κ3) is 8.00. The zero-order valence-electron chi connectivity index (χ0n) is 8.30. The number of hydrogen-bond donors (Lipinski definition) is 0. The van der Waals surface area contributed by atoms with Gasteiger partial charge in [-0.05, 0) is 12.8 Å². The van der Waals surface area contributed by atoms with Crippen LogP contribution in [0.4, 0.5) is 0 Å². The van der Waals surface area contributed by atoms with Gasteiger partial charge in [0.1, 0.15) is 4.66 Å². The molecule has 0 saturated heterocycles. The van der Waals surface area contributed by atoms with Crippen LogP contribution >= 0.6 is 31.9 Å². The van der Waals surface area contributed by atoms with Crippen molar-refractivity contribution >= 4 is 41.7 Å². The summed E-state index contributed by atoms with van der Waals surface area (Å²) in [5.74, 6) is 0. The van der Waals surface area contributed by atoms with Gasteiger partial charge in [0.05, 0.1) is 0 Å². The van der Waals surface area contributed by atoms with Crippen molar-refractivity contribution < 1.29 is 8.42 Å². The predicted molar refractivity (Wildman–Crippen MR) is 68.5 cm³/mol. The van der Waals surface area contributed by atoms with E-state index in [-0.39, 0.29) is 4.66 Å². The molecule has 84 valence electrons. The fraction of sp³-hybridized carbons (Fsp3) is 0.778. The minimum Gasteiger partial charge on any atom is -0.223 e. The summed E-state index contributed by atoms with van der Waals surface area (Å²) in [6, 6.07) is 0. The largest absolute Gasteiger partial charge is 0.223 e. The molecule has 0 amide bonds. The first kappa shape index (κ1) is 14.6. The van der Waals surface area contributed by atoms with Crippen LogP contribution in [-0.4, -0.2) is 13.1 Å². The van der Waals surface area contributed by atoms with E-state index in [0.29, 0.717) is 0 Å². The lowest BCUT2D eigenvalue weighted by atomic mass is 10.2. The summed E-state index contributed by atoms with van der Waals surface area (Å²) in [6.45, 7) is 2.15. The number of halogens is 2. The summed E-state index contributed by atoms with van der Waals surface area (Å²) < 4.78 is 23.1. The standard InChI is InChI=1S/C9H16Br2O2S/c1-2-3-4-5-6-9(11)7-14(12,13)8-10/h7H,2-6,8H2,1H3. The van der Waals surface area contributed by atoms with E-state index >= 15 is 0 Å². The van der Waals surface area contributed by atoms with Crippen LogP contribution in [0.2, 0.25) is 0 Å². The molecule has 0 aromatic rings. The molecule has 0 atom stereocenters. The van der Waals surface area contributed by atoms with Crippen molar-refractivity contribution in [2.45, 2.75) is 39.0 Å². The van der Waals surface area contributed by atoms with Crippen LogP contribution in [0.5, 0.6) is 0 Å². The second-order valence-corrected chi connectivity index (χ2v) is 7.32. The van der Waals surface area contributed by atoms with E-state index in [9.17, 15) is 8.42 Å². The van der Waals surface area contributed by atoms with Gasteiger partial charge in [-0.1, -0.05) is 58.0 Å². The molecule has 0 aliphatic heterocycles. The van der Waals surface area contributed by atoms with E-state index < -0.39 is 9.84 Å². The van der Waals surface area contributed by atoms with Gasteiger partial charge in [-0.25, -0.2) is 8.42 Å². The van der Waals surface area contributed by atoms with Gasteiger partial charge in [-0.15, -0.1) is 0 Å². The van der Waals surface area contributed by atoms with Gasteiger partial charge in [0.15, 0.2) is 9.84 Å². The molecule has 0 heterocycles. The van der Waals surface area contributed by atoms with E-state index in [2.05, 4.69) is 38.8 Å². The maximum absolute atomic E-state index is 11.1. The lowest BCUT2D eigenvalue weighted by Crippen LogP contribution is -1.95. The quantitative estimate of drug-likeness (QED) is 0.516.